The van der Waals surface area contributed by atoms with Gasteiger partial charge in [-0.3, -0.25) is 4.98 Å². The first-order chi connectivity index (χ1) is 16.4. The molecule has 0 unspecified atom stereocenters. The smallest absolute Gasteiger partial charge is 0.0708 e. The van der Waals surface area contributed by atoms with Gasteiger partial charge in [-0.05, 0) is 84.4 Å². The third-order valence-corrected chi connectivity index (χ3v) is 11.7. The summed E-state index contributed by atoms with van der Waals surface area (Å²) in [5.74, 6) is 0. The molecule has 34 heavy (non-hydrogen) atoms. The first-order valence-corrected chi connectivity index (χ1v) is 14.4. The van der Waals surface area contributed by atoms with E-state index in [4.69, 9.17) is 16.8 Å². The van der Waals surface area contributed by atoms with Gasteiger partial charge < -0.3 is 0 Å². The largest absolute Gasteiger partial charge is 0.256 e. The van der Waals surface area contributed by atoms with Gasteiger partial charge in [0.1, 0.15) is 0 Å². The van der Waals surface area contributed by atoms with Crippen molar-refractivity contribution in [3.8, 4) is 11.3 Å². The van der Waals surface area contributed by atoms with E-state index in [1.165, 1.54) is 43.6 Å². The van der Waals surface area contributed by atoms with Gasteiger partial charge >= 0.3 is 0 Å². The minimum Gasteiger partial charge on any atom is -0.256 e. The zero-order valence-corrected chi connectivity index (χ0v) is 21.8. The summed E-state index contributed by atoms with van der Waals surface area (Å²) in [6.45, 7) is 8.69. The fourth-order valence-electron chi connectivity index (χ4n) is 4.63. The van der Waals surface area contributed by atoms with Crippen molar-refractivity contribution in [2.75, 3.05) is 0 Å². The Bertz CT molecular complexity index is 1530. The Morgan fingerprint density at radius 2 is 1.24 bits per heavy atom. The number of benzene rings is 4. The molecule has 1 aromatic heterocycles. The second-order valence-electron chi connectivity index (χ2n) is 9.16. The summed E-state index contributed by atoms with van der Waals surface area (Å²) in [5.41, 5.74) is 7.07. The molecule has 0 saturated carbocycles. The Kier molecular flexibility index (Phi) is 5.98. The molecule has 0 aliphatic rings. The number of pyridine rings is 1. The van der Waals surface area contributed by atoms with Crippen LogP contribution in [0.4, 0.5) is 0 Å². The van der Waals surface area contributed by atoms with Gasteiger partial charge in [0.25, 0.3) is 0 Å². The van der Waals surface area contributed by atoms with Crippen LogP contribution in [0.2, 0.25) is 0 Å². The van der Waals surface area contributed by atoms with E-state index < -0.39 is 6.04 Å². The lowest BCUT2D eigenvalue weighted by atomic mass is 10.1. The second-order valence-corrected chi connectivity index (χ2v) is 13.5. The molecule has 1 heterocycles. The van der Waals surface area contributed by atoms with Gasteiger partial charge in [0.15, 0.2) is 0 Å². The fraction of sp³-hybridized carbons (Fsp3) is 0.129. The van der Waals surface area contributed by atoms with E-state index in [1.807, 2.05) is 6.20 Å². The van der Waals surface area contributed by atoms with Gasteiger partial charge in [-0.1, -0.05) is 89.7 Å². The highest BCUT2D eigenvalue weighted by Crippen LogP contribution is 2.45. The van der Waals surface area contributed by atoms with Crippen LogP contribution in [-0.4, -0.2) is 4.98 Å². The van der Waals surface area contributed by atoms with Crippen molar-refractivity contribution in [3.05, 3.63) is 119 Å². The molecule has 0 N–H and O–H groups in total. The van der Waals surface area contributed by atoms with Crippen LogP contribution in [-0.2, 0) is 11.8 Å². The molecule has 0 spiro atoms. The van der Waals surface area contributed by atoms with Crippen LogP contribution >= 0.6 is 6.04 Å². The third kappa shape index (κ3) is 4.02. The van der Waals surface area contributed by atoms with E-state index in [0.717, 1.165) is 16.6 Å². The van der Waals surface area contributed by atoms with Crippen molar-refractivity contribution in [1.29, 1.82) is 0 Å². The number of hydrogen-bond acceptors (Lipinski definition) is 2. The molecule has 3 heteroatoms. The molecule has 5 rings (SSSR count). The zero-order chi connectivity index (χ0) is 23.9. The molecule has 5 aromatic rings. The van der Waals surface area contributed by atoms with E-state index in [-0.39, 0.29) is 0 Å². The maximum Gasteiger partial charge on any atom is 0.0708 e. The summed E-state index contributed by atoms with van der Waals surface area (Å²) in [6, 6.07) is 30.4. The predicted octanol–water partition coefficient (Wildman–Crippen LogP) is 6.89. The number of hydrogen-bond donors (Lipinski definition) is 0. The average Bonchev–Trinajstić information content (AvgIpc) is 2.86. The second kappa shape index (κ2) is 8.95. The molecule has 0 amide bonds. The number of nitrogens with zero attached hydrogens (tertiary/aromatic N) is 1. The van der Waals surface area contributed by atoms with E-state index in [2.05, 4.69) is 119 Å². The van der Waals surface area contributed by atoms with Gasteiger partial charge in [-0.15, -0.1) is 0 Å². The minimum absolute atomic E-state index is 0.976. The normalized spacial score (nSPS) is 11.6. The highest BCUT2D eigenvalue weighted by molar-refractivity contribution is 8.25. The number of rotatable bonds is 4. The number of fused-ring (bicyclic) bond motifs is 1. The van der Waals surface area contributed by atoms with Crippen LogP contribution in [0.5, 0.6) is 0 Å². The molecule has 0 bridgehead atoms. The molecule has 168 valence electrons. The molecule has 1 nitrogen and oxygen atoms in total. The Hall–Kier alpha value is -3.06. The summed E-state index contributed by atoms with van der Waals surface area (Å²) in [6.07, 6.45) is 1.96. The van der Waals surface area contributed by atoms with Crippen LogP contribution in [0.1, 0.15) is 22.3 Å². The van der Waals surface area contributed by atoms with Crippen LogP contribution in [0, 0.1) is 27.7 Å². The highest BCUT2D eigenvalue weighted by atomic mass is 32.4. The van der Waals surface area contributed by atoms with Crippen LogP contribution in [0.15, 0.2) is 97.2 Å². The lowest BCUT2D eigenvalue weighted by Crippen LogP contribution is -2.28. The monoisotopic (exact) mass is 477 g/mol. The zero-order valence-electron chi connectivity index (χ0n) is 20.0. The average molecular weight is 478 g/mol. The van der Waals surface area contributed by atoms with Crippen LogP contribution in [0.25, 0.3) is 22.0 Å². The first kappa shape index (κ1) is 22.7. The SMILES string of the molecule is Cc1ccc(C)c(P(=S)(c2cccc(-c3cc4ccccc4cn3)c2)c2cc(C)ccc2C)c1. The van der Waals surface area contributed by atoms with Gasteiger partial charge in [0.05, 0.1) is 5.69 Å². The van der Waals surface area contributed by atoms with Crippen molar-refractivity contribution in [3.63, 3.8) is 0 Å². The Balaban J connectivity index is 1.76. The highest BCUT2D eigenvalue weighted by Gasteiger charge is 2.28. The standard InChI is InChI=1S/C31H28NPS/c1-21-12-14-23(3)30(16-21)33(34,31-17-22(2)13-15-24(31)4)28-11-7-10-26(18-28)29-19-25-8-5-6-9-27(25)20-32-29/h5-20H,1-4H3. The summed E-state index contributed by atoms with van der Waals surface area (Å²) in [4.78, 5) is 4.79. The summed E-state index contributed by atoms with van der Waals surface area (Å²) in [7, 11) is 0. The molecule has 0 aliphatic heterocycles. The summed E-state index contributed by atoms with van der Waals surface area (Å²) < 4.78 is 0. The van der Waals surface area contributed by atoms with Gasteiger partial charge in [0, 0.05) is 23.2 Å². The van der Waals surface area contributed by atoms with Gasteiger partial charge in [-0.2, -0.15) is 0 Å². The predicted molar refractivity (Wildman–Crippen MR) is 152 cm³/mol. The molecule has 4 aromatic carbocycles. The van der Waals surface area contributed by atoms with Crippen molar-refractivity contribution in [1.82, 2.24) is 4.98 Å². The van der Waals surface area contributed by atoms with Crippen molar-refractivity contribution < 1.29 is 0 Å². The van der Waals surface area contributed by atoms with Gasteiger partial charge in [0.2, 0.25) is 0 Å². The van der Waals surface area contributed by atoms with Crippen LogP contribution in [0.3, 0.4) is 0 Å². The lowest BCUT2D eigenvalue weighted by molar-refractivity contribution is 1.36. The molecule has 0 aliphatic carbocycles. The van der Waals surface area contributed by atoms with E-state index in [9.17, 15) is 0 Å². The van der Waals surface area contributed by atoms with E-state index >= 15 is 0 Å². The first-order valence-electron chi connectivity index (χ1n) is 11.6. The number of aromatic nitrogens is 1. The topological polar surface area (TPSA) is 12.9 Å². The quantitative estimate of drug-likeness (QED) is 0.261. The van der Waals surface area contributed by atoms with Crippen LogP contribution < -0.4 is 15.9 Å². The molecular formula is C31H28NPS. The number of aryl methyl sites for hydroxylation is 4. The van der Waals surface area contributed by atoms with E-state index in [0.29, 0.717) is 0 Å². The minimum atomic E-state index is -2.30. The summed E-state index contributed by atoms with van der Waals surface area (Å²) in [5, 5.41) is 6.11. The fourth-order valence-corrected chi connectivity index (χ4v) is 9.49. The Morgan fingerprint density at radius 1 is 0.618 bits per heavy atom. The molecular weight excluding hydrogens is 449 g/mol. The van der Waals surface area contributed by atoms with Crippen molar-refractivity contribution >= 4 is 44.5 Å². The molecule has 0 saturated heterocycles. The third-order valence-electron chi connectivity index (χ3n) is 6.54. The molecule has 0 atom stereocenters. The Morgan fingerprint density at radius 3 is 1.88 bits per heavy atom. The van der Waals surface area contributed by atoms with Crippen molar-refractivity contribution in [2.24, 2.45) is 0 Å². The molecule has 0 fully saturated rings. The van der Waals surface area contributed by atoms with E-state index in [1.54, 1.807) is 0 Å². The molecule has 0 radical (unpaired) electrons. The Labute approximate surface area is 207 Å². The maximum atomic E-state index is 6.77. The maximum absolute atomic E-state index is 6.77. The van der Waals surface area contributed by atoms with Gasteiger partial charge in [-0.25, -0.2) is 0 Å². The lowest BCUT2D eigenvalue weighted by Gasteiger charge is -2.28. The summed E-state index contributed by atoms with van der Waals surface area (Å²) >= 11 is 6.77. The van der Waals surface area contributed by atoms with Crippen molar-refractivity contribution in [2.45, 2.75) is 27.7 Å².